The van der Waals surface area contributed by atoms with Gasteiger partial charge in [-0.25, -0.2) is 0 Å². The summed E-state index contributed by atoms with van der Waals surface area (Å²) in [6.07, 6.45) is 2.83. The molecule has 0 aromatic heterocycles. The predicted octanol–water partition coefficient (Wildman–Crippen LogP) is 17.7. The zero-order valence-electron chi connectivity index (χ0n) is 34.0. The first-order valence-corrected chi connectivity index (χ1v) is 24.8. The average molecular weight is 802 g/mol. The molecular formula is C65H7N. The number of allylic oxidation sites excluding steroid dienone is 2. The number of hydrogen-bond donors (Lipinski definition) is 0. The van der Waals surface area contributed by atoms with E-state index in [0.29, 0.717) is 0 Å². The number of rotatable bonds is 0. The van der Waals surface area contributed by atoms with E-state index >= 15 is 0 Å². The SMILES string of the molecule is CC1=CC23c4c5c6c7c8c9c(c%10c%11c2c2c4c4c%12c5c5c6c6c8c8c%13c9c9c%10c%10c%11c%11c2c2c4c4c%12c%12c5c5c6c8c6c8c%13c9c9c%10c%10c%11c2c2c4c4c%12c5c6c5c8c9c%10c2c45)C73C(C)=N1. The highest BCUT2D eigenvalue weighted by Gasteiger charge is 2.71. The Bertz CT molecular complexity index is 6990. The first-order chi connectivity index (χ1) is 32.8. The van der Waals surface area contributed by atoms with Crippen LogP contribution in [0.2, 0.25) is 0 Å². The second-order valence-electron chi connectivity index (χ2n) is 24.8. The van der Waals surface area contributed by atoms with E-state index in [2.05, 4.69) is 19.9 Å². The predicted molar refractivity (Wildman–Crippen MR) is 281 cm³/mol. The molecule has 28 aromatic carbocycles. The third-order valence-corrected chi connectivity index (χ3v) is 24.7. The van der Waals surface area contributed by atoms with Gasteiger partial charge in [-0.1, -0.05) is 0 Å². The fraction of sp³-hybridized carbons (Fsp3) is 0.0615. The second kappa shape index (κ2) is 5.14. The van der Waals surface area contributed by atoms with E-state index in [9.17, 15) is 0 Å². The third-order valence-electron chi connectivity index (χ3n) is 24.7. The quantitative estimate of drug-likeness (QED) is 0.135. The first-order valence-electron chi connectivity index (χ1n) is 24.8. The second-order valence-corrected chi connectivity index (χ2v) is 24.8. The lowest BCUT2D eigenvalue weighted by molar-refractivity contribution is 0.490. The van der Waals surface area contributed by atoms with Crippen LogP contribution in [-0.2, 0) is 10.8 Å². The Morgan fingerprint density at radius 1 is 0.212 bits per heavy atom. The molecule has 0 saturated carbocycles. The van der Waals surface area contributed by atoms with Crippen molar-refractivity contribution < 1.29 is 0 Å². The van der Waals surface area contributed by atoms with Gasteiger partial charge in [-0.15, -0.1) is 0 Å². The van der Waals surface area contributed by atoms with Crippen molar-refractivity contribution in [3.05, 3.63) is 34.0 Å². The van der Waals surface area contributed by atoms with Gasteiger partial charge in [-0.3, -0.25) is 4.99 Å². The van der Waals surface area contributed by atoms with Crippen LogP contribution in [0.15, 0.2) is 16.8 Å². The molecule has 4 aliphatic carbocycles. The molecular weight excluding hydrogens is 795 g/mol. The minimum absolute atomic E-state index is 0.367. The van der Waals surface area contributed by atoms with Crippen LogP contribution in [0.4, 0.5) is 0 Å². The zero-order chi connectivity index (χ0) is 39.1. The van der Waals surface area contributed by atoms with E-state index in [-0.39, 0.29) is 5.41 Å². The smallest absolute Gasteiger partial charge is 0.0780 e. The van der Waals surface area contributed by atoms with Gasteiger partial charge in [0, 0.05) is 11.4 Å². The Balaban J connectivity index is 1.28. The Hall–Kier alpha value is -8.13. The highest BCUT2D eigenvalue weighted by atomic mass is 14.9. The van der Waals surface area contributed by atoms with Gasteiger partial charge in [0.05, 0.1) is 10.8 Å². The summed E-state index contributed by atoms with van der Waals surface area (Å²) >= 11 is 0. The Labute approximate surface area is 358 Å². The van der Waals surface area contributed by atoms with E-state index in [1.807, 2.05) is 0 Å². The number of nitrogens with zero attached hydrogens (tertiary/aromatic N) is 1. The van der Waals surface area contributed by atoms with Crippen molar-refractivity contribution in [2.24, 2.45) is 4.99 Å². The van der Waals surface area contributed by atoms with Crippen LogP contribution in [0.5, 0.6) is 0 Å². The lowest BCUT2D eigenvalue weighted by atomic mass is 9.46. The molecule has 0 fully saturated rings. The number of benzene rings is 18. The maximum atomic E-state index is 5.88. The molecule has 5 aliphatic rings. The summed E-state index contributed by atoms with van der Waals surface area (Å²) in [5, 5.41) is 89.3. The summed E-state index contributed by atoms with van der Waals surface area (Å²) in [5.41, 5.74) is 8.57. The van der Waals surface area contributed by atoms with Crippen molar-refractivity contribution in [3.63, 3.8) is 0 Å². The van der Waals surface area contributed by atoms with Gasteiger partial charge >= 0.3 is 0 Å². The highest BCUT2D eigenvalue weighted by Crippen LogP contribution is 2.85. The van der Waals surface area contributed by atoms with Crippen molar-refractivity contribution in [2.75, 3.05) is 0 Å². The molecule has 33 rings (SSSR count). The fourth-order valence-corrected chi connectivity index (χ4v) is 24.9. The molecule has 28 aromatic rings. The van der Waals surface area contributed by atoms with Crippen LogP contribution >= 0.6 is 0 Å². The van der Waals surface area contributed by atoms with E-state index in [4.69, 9.17) is 4.99 Å². The summed E-state index contributed by atoms with van der Waals surface area (Å²) in [4.78, 5) is 5.88. The molecule has 1 heterocycles. The Kier molecular flexibility index (Phi) is 1.84. The molecule has 2 spiro atoms. The zero-order valence-corrected chi connectivity index (χ0v) is 34.0. The van der Waals surface area contributed by atoms with Gasteiger partial charge in [0.2, 0.25) is 0 Å². The van der Waals surface area contributed by atoms with Crippen LogP contribution < -0.4 is 0 Å². The number of hydrogen-bond acceptors (Lipinski definition) is 1. The summed E-state index contributed by atoms with van der Waals surface area (Å²) < 4.78 is 0. The van der Waals surface area contributed by atoms with Crippen molar-refractivity contribution in [1.82, 2.24) is 0 Å². The Morgan fingerprint density at radius 2 is 0.364 bits per heavy atom. The van der Waals surface area contributed by atoms with Crippen LogP contribution in [0.1, 0.15) is 36.1 Å². The van der Waals surface area contributed by atoms with Crippen molar-refractivity contribution in [2.45, 2.75) is 24.7 Å². The molecule has 1 aliphatic heterocycles. The maximum absolute atomic E-state index is 5.88. The maximum Gasteiger partial charge on any atom is 0.0780 e. The van der Waals surface area contributed by atoms with Gasteiger partial charge < -0.3 is 0 Å². The molecule has 0 atom stereocenters. The van der Waals surface area contributed by atoms with Crippen LogP contribution in [-0.4, -0.2) is 5.71 Å². The lowest BCUT2D eigenvalue weighted by Crippen LogP contribution is -2.56. The lowest BCUT2D eigenvalue weighted by Gasteiger charge is -2.54. The van der Waals surface area contributed by atoms with Gasteiger partial charge in [-0.2, -0.15) is 0 Å². The molecule has 0 unspecified atom stereocenters. The van der Waals surface area contributed by atoms with Crippen LogP contribution in [0.25, 0.3) is 291 Å². The summed E-state index contributed by atoms with van der Waals surface area (Å²) in [6.45, 7) is 4.88. The summed E-state index contributed by atoms with van der Waals surface area (Å²) in [5.74, 6) is 0. The molecule has 1 nitrogen and oxygen atoms in total. The topological polar surface area (TPSA) is 12.4 Å². The van der Waals surface area contributed by atoms with Gasteiger partial charge in [0.15, 0.2) is 0 Å². The van der Waals surface area contributed by atoms with E-state index in [1.165, 1.54) is 11.4 Å². The van der Waals surface area contributed by atoms with Crippen LogP contribution in [0, 0.1) is 0 Å². The minimum Gasteiger partial charge on any atom is -0.262 e. The van der Waals surface area contributed by atoms with Gasteiger partial charge in [0.1, 0.15) is 0 Å². The molecule has 0 N–H and O–H groups in total. The normalized spacial score (nSPS) is 23.3. The van der Waals surface area contributed by atoms with E-state index < -0.39 is 5.41 Å². The number of aliphatic imine (C=N–C) groups is 1. The molecule has 272 valence electrons. The van der Waals surface area contributed by atoms with Crippen LogP contribution in [0.3, 0.4) is 0 Å². The van der Waals surface area contributed by atoms with Crippen molar-refractivity contribution in [1.29, 1.82) is 0 Å². The Morgan fingerprint density at radius 3 is 0.545 bits per heavy atom. The van der Waals surface area contributed by atoms with Gasteiger partial charge in [-0.05, 0) is 333 Å². The first kappa shape index (κ1) is 23.7. The fourth-order valence-electron chi connectivity index (χ4n) is 24.9. The van der Waals surface area contributed by atoms with Crippen molar-refractivity contribution >= 4 is 297 Å². The molecule has 1 heteroatoms. The molecule has 0 bridgehead atoms. The van der Waals surface area contributed by atoms with Gasteiger partial charge in [0.25, 0.3) is 0 Å². The monoisotopic (exact) mass is 801 g/mol. The third kappa shape index (κ3) is 1.17. The highest BCUT2D eigenvalue weighted by molar-refractivity contribution is 6.82. The molecule has 0 radical (unpaired) electrons. The van der Waals surface area contributed by atoms with Crippen molar-refractivity contribution in [3.8, 4) is 0 Å². The largest absolute Gasteiger partial charge is 0.262 e. The minimum atomic E-state index is -0.405. The molecule has 0 saturated heterocycles. The summed E-state index contributed by atoms with van der Waals surface area (Å²) in [7, 11) is 0. The standard InChI is InChI=1S/C65H7N/c1-4-3-64-60-52-44-34-24-16-8-6-7-10-14-12(8)20-28-22(14)32-26-18(10)19-11(7)15-13-9(6)17(16)25-31-21(13)29-23(15)33-27(19)37-36(26)48-42(32)50-40(28)46(38(44)30(20)24)54(60)56(50)62-58(48)59-49(37)43(33)51-41(29)47-39(31)45(35(25)34)53(52)61(64)55(47)57(51)63(59)65(62,64)5(2)66-4/h3H,1-2H3. The van der Waals surface area contributed by atoms with E-state index in [0.717, 1.165) is 0 Å². The average Bonchev–Trinajstić information content (AvgIpc) is 4.16. The van der Waals surface area contributed by atoms with E-state index in [1.54, 1.807) is 313 Å². The molecule has 0 amide bonds. The summed E-state index contributed by atoms with van der Waals surface area (Å²) in [6, 6.07) is 0. The molecule has 66 heavy (non-hydrogen) atoms.